The zero-order valence-corrected chi connectivity index (χ0v) is 7.78. The maximum absolute atomic E-state index is 10.8. The highest BCUT2D eigenvalue weighted by Crippen LogP contribution is 2.09. The van der Waals surface area contributed by atoms with Crippen LogP contribution in [0.1, 0.15) is 0 Å². The van der Waals surface area contributed by atoms with Gasteiger partial charge in [-0.1, -0.05) is 0 Å². The van der Waals surface area contributed by atoms with E-state index in [0.29, 0.717) is 5.82 Å². The minimum absolute atomic E-state index is 0.116. The molecule has 0 amide bonds. The molecule has 0 unspecified atom stereocenters. The molecule has 6 nitrogen and oxygen atoms in total. The first-order valence-electron chi connectivity index (χ1n) is 3.99. The van der Waals surface area contributed by atoms with E-state index in [1.54, 1.807) is 18.3 Å². The number of methoxy groups -OCH3 is 1. The molecule has 0 saturated carbocycles. The molecule has 0 bridgehead atoms. The molecule has 1 heterocycles. The van der Waals surface area contributed by atoms with E-state index in [-0.39, 0.29) is 12.5 Å². The number of carbonyl (C=O) groups excluding carboxylic acids is 1. The van der Waals surface area contributed by atoms with Crippen molar-refractivity contribution < 1.29 is 9.53 Å². The molecule has 1 aromatic rings. The second-order valence-corrected chi connectivity index (χ2v) is 2.50. The molecule has 1 aromatic heterocycles. The lowest BCUT2D eigenvalue weighted by atomic mass is 10.4. The Morgan fingerprint density at radius 3 is 3.14 bits per heavy atom. The number of nitrogens with two attached hydrogens (primary N) is 1. The molecule has 14 heavy (non-hydrogen) atoms. The third kappa shape index (κ3) is 2.91. The fourth-order valence-electron chi connectivity index (χ4n) is 0.866. The number of ether oxygens (including phenoxy) is 1. The average Bonchev–Trinajstić information content (AvgIpc) is 2.26. The summed E-state index contributed by atoms with van der Waals surface area (Å²) in [5.41, 5.74) is 3.15. The van der Waals surface area contributed by atoms with E-state index >= 15 is 0 Å². The second kappa shape index (κ2) is 5.03. The number of nitrogens with zero attached hydrogens (tertiary/aromatic N) is 1. The van der Waals surface area contributed by atoms with Crippen molar-refractivity contribution in [3.05, 3.63) is 18.3 Å². The van der Waals surface area contributed by atoms with E-state index in [2.05, 4.69) is 20.5 Å². The first kappa shape index (κ1) is 10.3. The van der Waals surface area contributed by atoms with Crippen LogP contribution in [-0.4, -0.2) is 24.6 Å². The smallest absolute Gasteiger partial charge is 0.325 e. The van der Waals surface area contributed by atoms with E-state index in [9.17, 15) is 4.79 Å². The molecule has 0 fully saturated rings. The summed E-state index contributed by atoms with van der Waals surface area (Å²) in [5, 5.41) is 2.86. The van der Waals surface area contributed by atoms with Crippen molar-refractivity contribution in [2.24, 2.45) is 5.84 Å². The van der Waals surface area contributed by atoms with Gasteiger partial charge in [0.25, 0.3) is 0 Å². The Kier molecular flexibility index (Phi) is 3.69. The van der Waals surface area contributed by atoms with Crippen molar-refractivity contribution in [3.63, 3.8) is 0 Å². The Bertz CT molecular complexity index is 316. The van der Waals surface area contributed by atoms with Crippen LogP contribution in [0.25, 0.3) is 0 Å². The Morgan fingerprint density at radius 2 is 2.50 bits per heavy atom. The minimum atomic E-state index is -0.330. The number of hydrazine groups is 1. The van der Waals surface area contributed by atoms with Gasteiger partial charge in [0.1, 0.15) is 12.4 Å². The maximum atomic E-state index is 10.8. The standard InChI is InChI=1S/C8H12N4O2/c1-14-8(13)5-11-6-2-3-10-7(4-6)12-9/h2-4H,5,9H2,1H3,(H2,10,11,12). The van der Waals surface area contributed by atoms with Crippen molar-refractivity contribution in [1.82, 2.24) is 4.98 Å². The molecular formula is C8H12N4O2. The van der Waals surface area contributed by atoms with E-state index in [1.807, 2.05) is 0 Å². The summed E-state index contributed by atoms with van der Waals surface area (Å²) in [5.74, 6) is 5.37. The van der Waals surface area contributed by atoms with Crippen LogP contribution in [0, 0.1) is 0 Å². The van der Waals surface area contributed by atoms with Crippen molar-refractivity contribution in [1.29, 1.82) is 0 Å². The van der Waals surface area contributed by atoms with Crippen LogP contribution in [0.3, 0.4) is 0 Å². The van der Waals surface area contributed by atoms with E-state index in [4.69, 9.17) is 5.84 Å². The topological polar surface area (TPSA) is 89.3 Å². The molecule has 1 rings (SSSR count). The summed E-state index contributed by atoms with van der Waals surface area (Å²) < 4.78 is 4.47. The average molecular weight is 196 g/mol. The molecule has 4 N–H and O–H groups in total. The predicted octanol–water partition coefficient (Wildman–Crippen LogP) is -0.0479. The molecular weight excluding hydrogens is 184 g/mol. The Morgan fingerprint density at radius 1 is 1.71 bits per heavy atom. The van der Waals surface area contributed by atoms with Gasteiger partial charge in [-0.2, -0.15) is 0 Å². The van der Waals surface area contributed by atoms with Crippen molar-refractivity contribution >= 4 is 17.5 Å². The fraction of sp³-hybridized carbons (Fsp3) is 0.250. The molecule has 0 aliphatic heterocycles. The highest BCUT2D eigenvalue weighted by molar-refractivity contribution is 5.75. The Labute approximate surface area is 81.4 Å². The highest BCUT2D eigenvalue weighted by atomic mass is 16.5. The summed E-state index contributed by atoms with van der Waals surface area (Å²) >= 11 is 0. The lowest BCUT2D eigenvalue weighted by Gasteiger charge is -2.05. The third-order valence-electron chi connectivity index (χ3n) is 1.57. The van der Waals surface area contributed by atoms with Crippen LogP contribution >= 0.6 is 0 Å². The van der Waals surface area contributed by atoms with Crippen molar-refractivity contribution in [2.45, 2.75) is 0 Å². The number of anilines is 2. The number of hydrogen-bond acceptors (Lipinski definition) is 6. The Balaban J connectivity index is 2.54. The monoisotopic (exact) mass is 196 g/mol. The molecule has 76 valence electrons. The number of hydrogen-bond donors (Lipinski definition) is 3. The van der Waals surface area contributed by atoms with E-state index in [1.165, 1.54) is 7.11 Å². The summed E-state index contributed by atoms with van der Waals surface area (Å²) in [7, 11) is 1.34. The third-order valence-corrected chi connectivity index (χ3v) is 1.57. The molecule has 0 aliphatic rings. The molecule has 0 aromatic carbocycles. The van der Waals surface area contributed by atoms with E-state index < -0.39 is 0 Å². The molecule has 0 aliphatic carbocycles. The largest absolute Gasteiger partial charge is 0.468 e. The normalized spacial score (nSPS) is 9.29. The van der Waals surface area contributed by atoms with Crippen LogP contribution in [-0.2, 0) is 9.53 Å². The summed E-state index contributed by atoms with van der Waals surface area (Å²) in [6.45, 7) is 0.116. The van der Waals surface area contributed by atoms with Crippen LogP contribution in [0.4, 0.5) is 11.5 Å². The lowest BCUT2D eigenvalue weighted by Crippen LogP contribution is -2.15. The summed E-state index contributed by atoms with van der Waals surface area (Å²) in [6, 6.07) is 3.41. The molecule has 0 saturated heterocycles. The zero-order chi connectivity index (χ0) is 10.4. The number of nitrogen functional groups attached to an aromatic ring is 1. The number of nitrogens with one attached hydrogen (secondary N) is 2. The van der Waals surface area contributed by atoms with Gasteiger partial charge in [0.05, 0.1) is 7.11 Å². The van der Waals surface area contributed by atoms with Crippen LogP contribution in [0.2, 0.25) is 0 Å². The molecule has 0 radical (unpaired) electrons. The van der Waals surface area contributed by atoms with E-state index in [0.717, 1.165) is 5.69 Å². The summed E-state index contributed by atoms with van der Waals surface area (Å²) in [4.78, 5) is 14.7. The van der Waals surface area contributed by atoms with Gasteiger partial charge in [0.2, 0.25) is 0 Å². The van der Waals surface area contributed by atoms with Crippen LogP contribution in [0.5, 0.6) is 0 Å². The molecule has 6 heteroatoms. The number of esters is 1. The fourth-order valence-corrected chi connectivity index (χ4v) is 0.866. The first-order chi connectivity index (χ1) is 6.76. The SMILES string of the molecule is COC(=O)CNc1ccnc(NN)c1. The van der Waals surface area contributed by atoms with Gasteiger partial charge in [-0.25, -0.2) is 10.8 Å². The van der Waals surface area contributed by atoms with Gasteiger partial charge in [-0.15, -0.1) is 0 Å². The summed E-state index contributed by atoms with van der Waals surface area (Å²) in [6.07, 6.45) is 1.58. The quantitative estimate of drug-likeness (QED) is 0.355. The number of carbonyl (C=O) groups is 1. The van der Waals surface area contributed by atoms with Crippen LogP contribution < -0.4 is 16.6 Å². The highest BCUT2D eigenvalue weighted by Gasteiger charge is 2.00. The van der Waals surface area contributed by atoms with Gasteiger partial charge >= 0.3 is 5.97 Å². The number of pyridine rings is 1. The van der Waals surface area contributed by atoms with Crippen LogP contribution in [0.15, 0.2) is 18.3 Å². The first-order valence-corrected chi connectivity index (χ1v) is 3.99. The Hall–Kier alpha value is -1.82. The number of rotatable bonds is 4. The lowest BCUT2D eigenvalue weighted by molar-refractivity contribution is -0.138. The number of aromatic nitrogens is 1. The van der Waals surface area contributed by atoms with Gasteiger partial charge in [0, 0.05) is 18.0 Å². The predicted molar refractivity (Wildman–Crippen MR) is 52.6 cm³/mol. The second-order valence-electron chi connectivity index (χ2n) is 2.50. The van der Waals surface area contributed by atoms with Crippen molar-refractivity contribution in [3.8, 4) is 0 Å². The van der Waals surface area contributed by atoms with Gasteiger partial charge in [0.15, 0.2) is 0 Å². The molecule has 0 atom stereocenters. The maximum Gasteiger partial charge on any atom is 0.325 e. The minimum Gasteiger partial charge on any atom is -0.468 e. The van der Waals surface area contributed by atoms with Gasteiger partial charge in [-0.05, 0) is 6.07 Å². The van der Waals surface area contributed by atoms with Crippen molar-refractivity contribution in [2.75, 3.05) is 24.4 Å². The molecule has 0 spiro atoms. The van der Waals surface area contributed by atoms with Gasteiger partial charge < -0.3 is 15.5 Å². The zero-order valence-electron chi connectivity index (χ0n) is 7.78. The van der Waals surface area contributed by atoms with Gasteiger partial charge in [-0.3, -0.25) is 4.79 Å².